The number of rotatable bonds is 8. The highest BCUT2D eigenvalue weighted by Crippen LogP contribution is 2.40. The summed E-state index contributed by atoms with van der Waals surface area (Å²) in [6.45, 7) is 0. The molecule has 0 spiro atoms. The number of anilines is 3. The Morgan fingerprint density at radius 1 is 0.853 bits per heavy atom. The Hall–Kier alpha value is -4.66. The molecule has 34 heavy (non-hydrogen) atoms. The number of nitrogens with zero attached hydrogens (tertiary/aromatic N) is 3. The Labute approximate surface area is 196 Å². The second kappa shape index (κ2) is 10.3. The average Bonchev–Trinajstić information content (AvgIpc) is 2.89. The standard InChI is InChI=1S/C25H23N5O4/c1-32-21-13-19(14-22(33-2)23(21)34-3)29-25-27-11-9-20(30-25)16-6-4-8-18(12-16)28-24(31)17-7-5-10-26-15-17/h4-15H,1-3H3,(H,28,31)(H,27,29,30). The fraction of sp³-hybridized carbons (Fsp3) is 0.120. The molecule has 4 aromatic rings. The lowest BCUT2D eigenvalue weighted by Crippen LogP contribution is -2.11. The van der Waals surface area contributed by atoms with E-state index in [1.54, 1.807) is 64.1 Å². The van der Waals surface area contributed by atoms with Gasteiger partial charge in [-0.3, -0.25) is 9.78 Å². The monoisotopic (exact) mass is 457 g/mol. The molecule has 0 saturated carbocycles. The van der Waals surface area contributed by atoms with Crippen molar-refractivity contribution in [2.24, 2.45) is 0 Å². The highest BCUT2D eigenvalue weighted by molar-refractivity contribution is 6.04. The van der Waals surface area contributed by atoms with Gasteiger partial charge >= 0.3 is 0 Å². The maximum atomic E-state index is 12.5. The number of ether oxygens (including phenoxy) is 3. The molecule has 2 heterocycles. The van der Waals surface area contributed by atoms with E-state index >= 15 is 0 Å². The third-order valence-corrected chi connectivity index (χ3v) is 4.92. The third-order valence-electron chi connectivity index (χ3n) is 4.92. The first-order valence-corrected chi connectivity index (χ1v) is 10.3. The molecule has 0 unspecified atom stereocenters. The molecule has 9 nitrogen and oxygen atoms in total. The minimum Gasteiger partial charge on any atom is -0.493 e. The van der Waals surface area contributed by atoms with Crippen LogP contribution in [0.3, 0.4) is 0 Å². The Morgan fingerprint density at radius 2 is 1.65 bits per heavy atom. The van der Waals surface area contributed by atoms with E-state index in [1.807, 2.05) is 24.3 Å². The van der Waals surface area contributed by atoms with Crippen LogP contribution in [0.1, 0.15) is 10.4 Å². The van der Waals surface area contributed by atoms with E-state index in [0.29, 0.717) is 45.8 Å². The SMILES string of the molecule is COc1cc(Nc2nccc(-c3cccc(NC(=O)c4cccnc4)c3)n2)cc(OC)c1OC. The molecule has 172 valence electrons. The smallest absolute Gasteiger partial charge is 0.257 e. The summed E-state index contributed by atoms with van der Waals surface area (Å²) in [6.07, 6.45) is 4.80. The van der Waals surface area contributed by atoms with Gasteiger partial charge in [-0.25, -0.2) is 9.97 Å². The topological polar surface area (TPSA) is 107 Å². The van der Waals surface area contributed by atoms with Crippen molar-refractivity contribution in [1.82, 2.24) is 15.0 Å². The van der Waals surface area contributed by atoms with Gasteiger partial charge in [-0.1, -0.05) is 12.1 Å². The zero-order valence-corrected chi connectivity index (χ0v) is 18.9. The number of benzene rings is 2. The van der Waals surface area contributed by atoms with E-state index in [4.69, 9.17) is 14.2 Å². The summed E-state index contributed by atoms with van der Waals surface area (Å²) >= 11 is 0. The number of aromatic nitrogens is 3. The fourth-order valence-electron chi connectivity index (χ4n) is 3.32. The van der Waals surface area contributed by atoms with Gasteiger partial charge in [-0.2, -0.15) is 0 Å². The molecule has 4 rings (SSSR count). The Balaban J connectivity index is 1.56. The van der Waals surface area contributed by atoms with Crippen LogP contribution in [0.15, 0.2) is 73.2 Å². The van der Waals surface area contributed by atoms with Crippen molar-refractivity contribution in [3.8, 4) is 28.5 Å². The van der Waals surface area contributed by atoms with E-state index in [2.05, 4.69) is 25.6 Å². The number of hydrogen-bond acceptors (Lipinski definition) is 8. The predicted molar refractivity (Wildman–Crippen MR) is 129 cm³/mol. The van der Waals surface area contributed by atoms with Crippen molar-refractivity contribution in [2.75, 3.05) is 32.0 Å². The van der Waals surface area contributed by atoms with Crippen molar-refractivity contribution in [1.29, 1.82) is 0 Å². The van der Waals surface area contributed by atoms with Crippen molar-refractivity contribution in [3.05, 3.63) is 78.8 Å². The second-order valence-electron chi connectivity index (χ2n) is 7.08. The number of nitrogens with one attached hydrogen (secondary N) is 2. The van der Waals surface area contributed by atoms with Crippen LogP contribution in [0, 0.1) is 0 Å². The lowest BCUT2D eigenvalue weighted by atomic mass is 10.1. The van der Waals surface area contributed by atoms with Crippen molar-refractivity contribution in [3.63, 3.8) is 0 Å². The molecule has 0 aliphatic rings. The summed E-state index contributed by atoms with van der Waals surface area (Å²) in [4.78, 5) is 25.4. The van der Waals surface area contributed by atoms with Crippen LogP contribution in [-0.4, -0.2) is 42.2 Å². The van der Waals surface area contributed by atoms with Gasteiger partial charge in [0.1, 0.15) is 0 Å². The highest BCUT2D eigenvalue weighted by Gasteiger charge is 2.14. The normalized spacial score (nSPS) is 10.3. The number of amides is 1. The first-order chi connectivity index (χ1) is 16.6. The van der Waals surface area contributed by atoms with Crippen LogP contribution < -0.4 is 24.8 Å². The van der Waals surface area contributed by atoms with E-state index in [-0.39, 0.29) is 5.91 Å². The molecule has 0 saturated heterocycles. The molecule has 2 aromatic heterocycles. The Kier molecular flexibility index (Phi) is 6.83. The lowest BCUT2D eigenvalue weighted by Gasteiger charge is -2.14. The van der Waals surface area contributed by atoms with Gasteiger partial charge in [0.2, 0.25) is 11.7 Å². The molecule has 0 aliphatic carbocycles. The zero-order chi connectivity index (χ0) is 23.9. The van der Waals surface area contributed by atoms with Crippen LogP contribution in [-0.2, 0) is 0 Å². The molecule has 1 amide bonds. The van der Waals surface area contributed by atoms with E-state index in [1.165, 1.54) is 6.20 Å². The van der Waals surface area contributed by atoms with Crippen LogP contribution >= 0.6 is 0 Å². The molecular formula is C25H23N5O4. The van der Waals surface area contributed by atoms with Gasteiger partial charge in [-0.15, -0.1) is 0 Å². The van der Waals surface area contributed by atoms with Gasteiger partial charge in [0.25, 0.3) is 5.91 Å². The summed E-state index contributed by atoms with van der Waals surface area (Å²) in [5, 5.41) is 6.05. The van der Waals surface area contributed by atoms with E-state index in [0.717, 1.165) is 5.56 Å². The number of carbonyl (C=O) groups is 1. The fourth-order valence-corrected chi connectivity index (χ4v) is 3.32. The van der Waals surface area contributed by atoms with Gasteiger partial charge in [0.05, 0.1) is 32.6 Å². The Bertz CT molecular complexity index is 1270. The summed E-state index contributed by atoms with van der Waals surface area (Å²) in [5.41, 5.74) is 3.29. The quantitative estimate of drug-likeness (QED) is 0.397. The summed E-state index contributed by atoms with van der Waals surface area (Å²) in [7, 11) is 4.66. The number of methoxy groups -OCH3 is 3. The van der Waals surface area contributed by atoms with Crippen LogP contribution in [0.4, 0.5) is 17.3 Å². The maximum absolute atomic E-state index is 12.5. The van der Waals surface area contributed by atoms with Gasteiger partial charge in [-0.05, 0) is 30.3 Å². The first-order valence-electron chi connectivity index (χ1n) is 10.3. The molecule has 0 aliphatic heterocycles. The molecular weight excluding hydrogens is 434 g/mol. The second-order valence-corrected chi connectivity index (χ2v) is 7.08. The highest BCUT2D eigenvalue weighted by atomic mass is 16.5. The van der Waals surface area contributed by atoms with Gasteiger partial charge < -0.3 is 24.8 Å². The van der Waals surface area contributed by atoms with Crippen molar-refractivity contribution in [2.45, 2.75) is 0 Å². The largest absolute Gasteiger partial charge is 0.493 e. The van der Waals surface area contributed by atoms with Crippen molar-refractivity contribution >= 4 is 23.2 Å². The third kappa shape index (κ3) is 5.04. The molecule has 9 heteroatoms. The van der Waals surface area contributed by atoms with E-state index in [9.17, 15) is 4.79 Å². The van der Waals surface area contributed by atoms with E-state index < -0.39 is 0 Å². The average molecular weight is 457 g/mol. The summed E-state index contributed by atoms with van der Waals surface area (Å²) < 4.78 is 16.2. The van der Waals surface area contributed by atoms with Crippen LogP contribution in [0.25, 0.3) is 11.3 Å². The summed E-state index contributed by atoms with van der Waals surface area (Å²) in [5.74, 6) is 1.67. The molecule has 0 bridgehead atoms. The molecule has 0 atom stereocenters. The number of hydrogen-bond donors (Lipinski definition) is 2. The Morgan fingerprint density at radius 3 is 2.32 bits per heavy atom. The van der Waals surface area contributed by atoms with Crippen LogP contribution in [0.2, 0.25) is 0 Å². The van der Waals surface area contributed by atoms with Gasteiger partial charge in [0.15, 0.2) is 11.5 Å². The number of pyridine rings is 1. The summed E-state index contributed by atoms with van der Waals surface area (Å²) in [6, 6.07) is 16.2. The van der Waals surface area contributed by atoms with Gasteiger partial charge in [0, 0.05) is 47.7 Å². The van der Waals surface area contributed by atoms with Crippen LogP contribution in [0.5, 0.6) is 17.2 Å². The minimum absolute atomic E-state index is 0.238. The van der Waals surface area contributed by atoms with Crippen molar-refractivity contribution < 1.29 is 19.0 Å². The molecule has 2 aromatic carbocycles. The number of carbonyl (C=O) groups excluding carboxylic acids is 1. The first kappa shape index (κ1) is 22.5. The maximum Gasteiger partial charge on any atom is 0.257 e. The lowest BCUT2D eigenvalue weighted by molar-refractivity contribution is 0.102. The molecule has 2 N–H and O–H groups in total. The molecule has 0 radical (unpaired) electrons. The predicted octanol–water partition coefficient (Wildman–Crippen LogP) is 4.56. The molecule has 0 fully saturated rings. The zero-order valence-electron chi connectivity index (χ0n) is 18.9. The minimum atomic E-state index is -0.238.